The van der Waals surface area contributed by atoms with Gasteiger partial charge >= 0.3 is 0 Å². The van der Waals surface area contributed by atoms with Crippen molar-refractivity contribution in [1.29, 1.82) is 0 Å². The summed E-state index contributed by atoms with van der Waals surface area (Å²) in [6, 6.07) is 10.1. The molecular weight excluding hydrogens is 312 g/mol. The van der Waals surface area contributed by atoms with Crippen LogP contribution in [0.15, 0.2) is 43.0 Å². The van der Waals surface area contributed by atoms with Gasteiger partial charge in [-0.2, -0.15) is 0 Å². The molecule has 1 aliphatic rings. The number of hydrogen-bond acceptors (Lipinski definition) is 3. The van der Waals surface area contributed by atoms with Crippen LogP contribution in [0.2, 0.25) is 0 Å². The van der Waals surface area contributed by atoms with Crippen LogP contribution in [-0.2, 0) is 20.9 Å². The first-order valence-corrected chi connectivity index (χ1v) is 9.11. The van der Waals surface area contributed by atoms with Gasteiger partial charge in [-0.25, -0.2) is 0 Å². The van der Waals surface area contributed by atoms with E-state index in [1.807, 2.05) is 43.3 Å². The minimum absolute atomic E-state index is 0.128. The van der Waals surface area contributed by atoms with Gasteiger partial charge in [-0.3, -0.25) is 4.79 Å². The molecule has 0 radical (unpaired) electrons. The number of ether oxygens (including phenoxy) is 1. The molecule has 2 rings (SSSR count). The van der Waals surface area contributed by atoms with E-state index in [4.69, 9.17) is 4.74 Å². The van der Waals surface area contributed by atoms with Crippen molar-refractivity contribution in [2.24, 2.45) is 16.7 Å². The molecule has 1 saturated carbocycles. The second-order valence-corrected chi connectivity index (χ2v) is 7.68. The topological polar surface area (TPSA) is 43.4 Å². The van der Waals surface area contributed by atoms with Gasteiger partial charge in [-0.05, 0) is 31.2 Å². The quantitative estimate of drug-likeness (QED) is 0.640. The largest absolute Gasteiger partial charge is 0.376 e. The highest BCUT2D eigenvalue weighted by Gasteiger charge is 2.54. The van der Waals surface area contributed by atoms with Crippen LogP contribution in [0.4, 0.5) is 0 Å². The lowest BCUT2D eigenvalue weighted by atomic mass is 9.51. The number of benzene rings is 1. The van der Waals surface area contributed by atoms with Crippen molar-refractivity contribution in [1.82, 2.24) is 0 Å². The Balaban J connectivity index is 2.10. The van der Waals surface area contributed by atoms with Gasteiger partial charge in [0.15, 0.2) is 0 Å². The van der Waals surface area contributed by atoms with Crippen LogP contribution in [0.25, 0.3) is 0 Å². The fraction of sp³-hybridized carbons (Fsp3) is 0.545. The third kappa shape index (κ3) is 4.09. The molecule has 0 unspecified atom stereocenters. The van der Waals surface area contributed by atoms with Gasteiger partial charge in [0.05, 0.1) is 13.2 Å². The van der Waals surface area contributed by atoms with E-state index < -0.39 is 5.41 Å². The first-order valence-electron chi connectivity index (χ1n) is 9.11. The van der Waals surface area contributed by atoms with Gasteiger partial charge in [-0.1, -0.05) is 50.3 Å². The molecule has 3 heteroatoms. The fourth-order valence-corrected chi connectivity index (χ4v) is 4.01. The predicted molar refractivity (Wildman–Crippen MR) is 100 cm³/mol. The first kappa shape index (κ1) is 19.6. The average Bonchev–Trinajstić information content (AvgIpc) is 2.61. The number of Topliss-reactive ketones (excluding diaryl/α,β-unsaturated/α-hetero) is 2. The molecule has 0 spiro atoms. The molecule has 3 nitrogen and oxygen atoms in total. The lowest BCUT2D eigenvalue weighted by Gasteiger charge is -2.52. The maximum atomic E-state index is 12.7. The summed E-state index contributed by atoms with van der Waals surface area (Å²) < 4.78 is 5.98. The Bertz CT molecular complexity index is 621. The smallest absolute Gasteiger partial charge is 0.139 e. The van der Waals surface area contributed by atoms with Crippen molar-refractivity contribution >= 4 is 11.6 Å². The van der Waals surface area contributed by atoms with E-state index in [-0.39, 0.29) is 22.9 Å². The molecule has 1 aromatic rings. The molecule has 0 aliphatic heterocycles. The van der Waals surface area contributed by atoms with Gasteiger partial charge < -0.3 is 9.53 Å². The number of hydrogen-bond donors (Lipinski definition) is 0. The predicted octanol–water partition coefficient (Wildman–Crippen LogP) is 4.75. The van der Waals surface area contributed by atoms with E-state index in [9.17, 15) is 9.59 Å². The summed E-state index contributed by atoms with van der Waals surface area (Å²) in [6.07, 6.45) is 4.30. The Morgan fingerprint density at radius 3 is 2.60 bits per heavy atom. The third-order valence-corrected chi connectivity index (χ3v) is 6.20. The minimum atomic E-state index is -0.556. The molecule has 0 aromatic heterocycles. The van der Waals surface area contributed by atoms with Gasteiger partial charge in [0.2, 0.25) is 0 Å². The monoisotopic (exact) mass is 342 g/mol. The maximum Gasteiger partial charge on any atom is 0.139 e. The molecule has 1 aliphatic carbocycles. The Hall–Kier alpha value is -1.74. The third-order valence-electron chi connectivity index (χ3n) is 6.20. The highest BCUT2D eigenvalue weighted by atomic mass is 16.5. The highest BCUT2D eigenvalue weighted by Crippen LogP contribution is 2.55. The molecule has 1 aromatic carbocycles. The number of rotatable bonds is 8. The van der Waals surface area contributed by atoms with Gasteiger partial charge in [-0.15, -0.1) is 6.58 Å². The van der Waals surface area contributed by atoms with E-state index in [0.29, 0.717) is 32.5 Å². The zero-order valence-electron chi connectivity index (χ0n) is 15.7. The maximum absolute atomic E-state index is 12.7. The molecule has 25 heavy (non-hydrogen) atoms. The second-order valence-electron chi connectivity index (χ2n) is 7.68. The van der Waals surface area contributed by atoms with Gasteiger partial charge in [0, 0.05) is 23.7 Å². The summed E-state index contributed by atoms with van der Waals surface area (Å²) in [6.45, 7) is 10.9. The molecule has 136 valence electrons. The fourth-order valence-electron chi connectivity index (χ4n) is 4.01. The van der Waals surface area contributed by atoms with Crippen molar-refractivity contribution in [3.05, 3.63) is 48.6 Å². The SMILES string of the molecule is C=C[C@@]1(C)[C@H](COCc2ccccc2)CCC(=O)[C@]1(C)CCC(C)=O. The Kier molecular flexibility index (Phi) is 6.34. The summed E-state index contributed by atoms with van der Waals surface area (Å²) >= 11 is 0. The Morgan fingerprint density at radius 2 is 2.00 bits per heavy atom. The lowest BCUT2D eigenvalue weighted by molar-refractivity contribution is -0.145. The highest BCUT2D eigenvalue weighted by molar-refractivity contribution is 5.87. The molecule has 0 amide bonds. The van der Waals surface area contributed by atoms with E-state index in [0.717, 1.165) is 12.0 Å². The van der Waals surface area contributed by atoms with E-state index in [1.54, 1.807) is 6.92 Å². The summed E-state index contributed by atoms with van der Waals surface area (Å²) in [5.74, 6) is 0.599. The summed E-state index contributed by atoms with van der Waals surface area (Å²) in [4.78, 5) is 24.2. The van der Waals surface area contributed by atoms with Gasteiger partial charge in [0.25, 0.3) is 0 Å². The normalized spacial score (nSPS) is 29.4. The van der Waals surface area contributed by atoms with E-state index >= 15 is 0 Å². The van der Waals surface area contributed by atoms with Crippen LogP contribution in [0.1, 0.15) is 52.0 Å². The van der Waals surface area contributed by atoms with E-state index in [2.05, 4.69) is 13.5 Å². The van der Waals surface area contributed by atoms with Crippen LogP contribution in [0.5, 0.6) is 0 Å². The lowest BCUT2D eigenvalue weighted by Crippen LogP contribution is -2.52. The standard InChI is InChI=1S/C22H30O3/c1-5-21(3)19(16-25-15-18-9-7-6-8-10-18)11-12-20(24)22(21,4)14-13-17(2)23/h5-10,19H,1,11-16H2,2-4H3/t19-,21-,22-/m0/s1. The second kappa shape index (κ2) is 8.09. The molecular formula is C22H30O3. The van der Waals surface area contributed by atoms with E-state index in [1.165, 1.54) is 0 Å². The molecule has 0 bridgehead atoms. The zero-order valence-corrected chi connectivity index (χ0v) is 15.7. The van der Waals surface area contributed by atoms with Crippen molar-refractivity contribution < 1.29 is 14.3 Å². The summed E-state index contributed by atoms with van der Waals surface area (Å²) in [5.41, 5.74) is 0.225. The van der Waals surface area contributed by atoms with Crippen LogP contribution in [0, 0.1) is 16.7 Å². The average molecular weight is 342 g/mol. The van der Waals surface area contributed by atoms with Crippen LogP contribution >= 0.6 is 0 Å². The minimum Gasteiger partial charge on any atom is -0.376 e. The Labute approximate surface area is 151 Å². The van der Waals surface area contributed by atoms with Crippen molar-refractivity contribution in [3.63, 3.8) is 0 Å². The number of allylic oxidation sites excluding steroid dienone is 1. The summed E-state index contributed by atoms with van der Waals surface area (Å²) in [7, 11) is 0. The molecule has 0 N–H and O–H groups in total. The van der Waals surface area contributed by atoms with Crippen LogP contribution in [-0.4, -0.2) is 18.2 Å². The van der Waals surface area contributed by atoms with Crippen LogP contribution < -0.4 is 0 Å². The first-order chi connectivity index (χ1) is 11.8. The summed E-state index contributed by atoms with van der Waals surface area (Å²) in [5, 5.41) is 0. The molecule has 0 heterocycles. The zero-order chi connectivity index (χ0) is 18.5. The number of carbonyl (C=O) groups is 2. The molecule has 3 atom stereocenters. The van der Waals surface area contributed by atoms with Crippen molar-refractivity contribution in [3.8, 4) is 0 Å². The number of ketones is 2. The molecule has 0 saturated heterocycles. The van der Waals surface area contributed by atoms with Crippen molar-refractivity contribution in [2.45, 2.75) is 53.1 Å². The molecule has 1 fully saturated rings. The van der Waals surface area contributed by atoms with Crippen LogP contribution in [0.3, 0.4) is 0 Å². The van der Waals surface area contributed by atoms with Gasteiger partial charge in [0.1, 0.15) is 11.6 Å². The number of carbonyl (C=O) groups excluding carboxylic acids is 2. The van der Waals surface area contributed by atoms with Crippen molar-refractivity contribution in [2.75, 3.05) is 6.61 Å². The Morgan fingerprint density at radius 1 is 1.32 bits per heavy atom.